The van der Waals surface area contributed by atoms with Crippen molar-refractivity contribution in [2.24, 2.45) is 11.8 Å². The van der Waals surface area contributed by atoms with Crippen molar-refractivity contribution in [3.8, 4) is 11.3 Å². The Labute approximate surface area is 127 Å². The fourth-order valence-electron chi connectivity index (χ4n) is 2.81. The summed E-state index contributed by atoms with van der Waals surface area (Å²) in [5.74, 6) is -1.60. The molecule has 0 bridgehead atoms. The second kappa shape index (κ2) is 5.63. The number of benzene rings is 1. The van der Waals surface area contributed by atoms with Crippen molar-refractivity contribution in [3.05, 3.63) is 42.1 Å². The SMILES string of the molecule is C[C@@H]1CN(C(=O)c2cc(-c3ccccc3)n[nH]2)C[C@H]1C(=O)O. The predicted octanol–water partition coefficient (Wildman–Crippen LogP) is 1.87. The number of carbonyl (C=O) groups is 2. The summed E-state index contributed by atoms with van der Waals surface area (Å²) in [5.41, 5.74) is 2.01. The van der Waals surface area contributed by atoms with Crippen LogP contribution in [-0.2, 0) is 4.79 Å². The highest BCUT2D eigenvalue weighted by Gasteiger charge is 2.37. The maximum absolute atomic E-state index is 12.5. The number of nitrogens with zero attached hydrogens (tertiary/aromatic N) is 2. The van der Waals surface area contributed by atoms with E-state index in [0.29, 0.717) is 17.9 Å². The molecular formula is C16H17N3O3. The Kier molecular flexibility index (Phi) is 3.66. The van der Waals surface area contributed by atoms with Crippen LogP contribution in [0.1, 0.15) is 17.4 Å². The van der Waals surface area contributed by atoms with Gasteiger partial charge in [-0.1, -0.05) is 37.3 Å². The second-order valence-electron chi connectivity index (χ2n) is 5.67. The van der Waals surface area contributed by atoms with Crippen molar-refractivity contribution in [2.45, 2.75) is 6.92 Å². The zero-order chi connectivity index (χ0) is 15.7. The molecule has 6 heteroatoms. The van der Waals surface area contributed by atoms with Gasteiger partial charge in [-0.15, -0.1) is 0 Å². The highest BCUT2D eigenvalue weighted by Crippen LogP contribution is 2.25. The Morgan fingerprint density at radius 3 is 2.64 bits per heavy atom. The molecule has 2 N–H and O–H groups in total. The Hall–Kier alpha value is -2.63. The first-order chi connectivity index (χ1) is 10.6. The zero-order valence-electron chi connectivity index (χ0n) is 12.2. The molecule has 2 aromatic rings. The number of nitrogens with one attached hydrogen (secondary N) is 1. The molecule has 114 valence electrons. The highest BCUT2D eigenvalue weighted by molar-refractivity contribution is 5.94. The van der Waals surface area contributed by atoms with Crippen LogP contribution in [0, 0.1) is 11.8 Å². The van der Waals surface area contributed by atoms with Gasteiger partial charge in [-0.3, -0.25) is 14.7 Å². The van der Waals surface area contributed by atoms with Gasteiger partial charge in [-0.25, -0.2) is 0 Å². The van der Waals surface area contributed by atoms with Crippen LogP contribution in [0.2, 0.25) is 0 Å². The van der Waals surface area contributed by atoms with E-state index in [0.717, 1.165) is 5.56 Å². The molecule has 1 fully saturated rings. The smallest absolute Gasteiger partial charge is 0.308 e. The van der Waals surface area contributed by atoms with Crippen LogP contribution in [0.15, 0.2) is 36.4 Å². The first-order valence-electron chi connectivity index (χ1n) is 7.19. The third-order valence-electron chi connectivity index (χ3n) is 4.09. The maximum atomic E-state index is 12.5. The minimum absolute atomic E-state index is 0.0436. The fraction of sp³-hybridized carbons (Fsp3) is 0.312. The summed E-state index contributed by atoms with van der Waals surface area (Å²) in [6, 6.07) is 11.3. The molecular weight excluding hydrogens is 282 g/mol. The molecule has 2 heterocycles. The Morgan fingerprint density at radius 1 is 1.27 bits per heavy atom. The monoisotopic (exact) mass is 299 g/mol. The lowest BCUT2D eigenvalue weighted by molar-refractivity contribution is -0.142. The van der Waals surface area contributed by atoms with Crippen LogP contribution in [0.4, 0.5) is 0 Å². The quantitative estimate of drug-likeness (QED) is 0.906. The molecule has 1 amide bonds. The van der Waals surface area contributed by atoms with E-state index in [1.54, 1.807) is 11.0 Å². The number of likely N-dealkylation sites (tertiary alicyclic amines) is 1. The van der Waals surface area contributed by atoms with E-state index in [2.05, 4.69) is 10.2 Å². The summed E-state index contributed by atoms with van der Waals surface area (Å²) in [6.45, 7) is 2.55. The number of rotatable bonds is 3. The van der Waals surface area contributed by atoms with E-state index in [1.165, 1.54) is 0 Å². The van der Waals surface area contributed by atoms with Gasteiger partial charge in [0.05, 0.1) is 11.6 Å². The standard InChI is InChI=1S/C16H17N3O3/c1-10-8-19(9-12(10)16(21)22)15(20)14-7-13(17-18-14)11-5-3-2-4-6-11/h2-7,10,12H,8-9H2,1H3,(H,17,18)(H,21,22)/t10-,12-/m1/s1. The van der Waals surface area contributed by atoms with Crippen molar-refractivity contribution in [2.75, 3.05) is 13.1 Å². The zero-order valence-corrected chi connectivity index (χ0v) is 12.2. The van der Waals surface area contributed by atoms with Gasteiger partial charge >= 0.3 is 5.97 Å². The highest BCUT2D eigenvalue weighted by atomic mass is 16.4. The number of hydrogen-bond donors (Lipinski definition) is 2. The molecule has 1 saturated heterocycles. The molecule has 3 rings (SSSR count). The van der Waals surface area contributed by atoms with Crippen LogP contribution in [0.3, 0.4) is 0 Å². The number of carbonyl (C=O) groups excluding carboxylic acids is 1. The van der Waals surface area contributed by atoms with Crippen molar-refractivity contribution < 1.29 is 14.7 Å². The number of aromatic amines is 1. The molecule has 0 radical (unpaired) electrons. The van der Waals surface area contributed by atoms with Gasteiger partial charge in [0.2, 0.25) is 0 Å². The van der Waals surface area contributed by atoms with Crippen LogP contribution in [0.25, 0.3) is 11.3 Å². The minimum Gasteiger partial charge on any atom is -0.481 e. The fourth-order valence-corrected chi connectivity index (χ4v) is 2.81. The third kappa shape index (κ3) is 2.59. The van der Waals surface area contributed by atoms with Gasteiger partial charge in [0.15, 0.2) is 0 Å². The van der Waals surface area contributed by atoms with Crippen LogP contribution < -0.4 is 0 Å². The van der Waals surface area contributed by atoms with Gasteiger partial charge < -0.3 is 10.0 Å². The average Bonchev–Trinajstić information content (AvgIpc) is 3.14. The molecule has 2 atom stereocenters. The Morgan fingerprint density at radius 2 is 2.00 bits per heavy atom. The molecule has 1 aliphatic heterocycles. The summed E-state index contributed by atoms with van der Waals surface area (Å²) < 4.78 is 0. The van der Waals surface area contributed by atoms with E-state index in [9.17, 15) is 9.59 Å². The number of carboxylic acid groups (broad SMARTS) is 1. The predicted molar refractivity (Wildman–Crippen MR) is 80.2 cm³/mol. The van der Waals surface area contributed by atoms with Crippen LogP contribution >= 0.6 is 0 Å². The Balaban J connectivity index is 1.77. The maximum Gasteiger partial charge on any atom is 0.308 e. The molecule has 0 aliphatic carbocycles. The summed E-state index contributed by atoms with van der Waals surface area (Å²) in [7, 11) is 0. The van der Waals surface area contributed by atoms with Gasteiger partial charge in [-0.2, -0.15) is 5.10 Å². The Bertz CT molecular complexity index is 696. The van der Waals surface area contributed by atoms with E-state index in [4.69, 9.17) is 5.11 Å². The molecule has 0 saturated carbocycles. The minimum atomic E-state index is -0.850. The number of amides is 1. The molecule has 1 aromatic carbocycles. The lowest BCUT2D eigenvalue weighted by Crippen LogP contribution is -2.30. The van der Waals surface area contributed by atoms with Crippen molar-refractivity contribution in [1.29, 1.82) is 0 Å². The molecule has 22 heavy (non-hydrogen) atoms. The van der Waals surface area contributed by atoms with Crippen molar-refractivity contribution in [1.82, 2.24) is 15.1 Å². The molecule has 1 aliphatic rings. The van der Waals surface area contributed by atoms with Gasteiger partial charge in [0.25, 0.3) is 5.91 Å². The van der Waals surface area contributed by atoms with E-state index < -0.39 is 11.9 Å². The normalized spacial score (nSPS) is 21.0. The number of carboxylic acids is 1. The number of aliphatic carboxylic acids is 1. The van der Waals surface area contributed by atoms with Gasteiger partial charge in [-0.05, 0) is 12.0 Å². The lowest BCUT2D eigenvalue weighted by Gasteiger charge is -2.14. The van der Waals surface area contributed by atoms with Crippen molar-refractivity contribution >= 4 is 11.9 Å². The molecule has 6 nitrogen and oxygen atoms in total. The third-order valence-corrected chi connectivity index (χ3v) is 4.09. The molecule has 1 aromatic heterocycles. The number of hydrogen-bond acceptors (Lipinski definition) is 3. The number of aromatic nitrogens is 2. The summed E-state index contributed by atoms with van der Waals surface area (Å²) in [5, 5.41) is 16.1. The van der Waals surface area contributed by atoms with E-state index in [1.807, 2.05) is 37.3 Å². The van der Waals surface area contributed by atoms with Crippen LogP contribution in [-0.4, -0.2) is 45.2 Å². The lowest BCUT2D eigenvalue weighted by atomic mass is 9.99. The topological polar surface area (TPSA) is 86.3 Å². The van der Waals surface area contributed by atoms with E-state index >= 15 is 0 Å². The average molecular weight is 299 g/mol. The largest absolute Gasteiger partial charge is 0.481 e. The summed E-state index contributed by atoms with van der Waals surface area (Å²) in [4.78, 5) is 25.2. The summed E-state index contributed by atoms with van der Waals surface area (Å²) >= 11 is 0. The first-order valence-corrected chi connectivity index (χ1v) is 7.19. The number of H-pyrrole nitrogens is 1. The van der Waals surface area contributed by atoms with Crippen molar-refractivity contribution in [3.63, 3.8) is 0 Å². The summed E-state index contributed by atoms with van der Waals surface area (Å²) in [6.07, 6.45) is 0. The first kappa shape index (κ1) is 14.3. The van der Waals surface area contributed by atoms with Gasteiger partial charge in [0, 0.05) is 18.7 Å². The molecule has 0 unspecified atom stereocenters. The van der Waals surface area contributed by atoms with Gasteiger partial charge in [0.1, 0.15) is 5.69 Å². The van der Waals surface area contributed by atoms with E-state index in [-0.39, 0.29) is 18.4 Å². The van der Waals surface area contributed by atoms with Crippen LogP contribution in [0.5, 0.6) is 0 Å². The molecule has 0 spiro atoms. The second-order valence-corrected chi connectivity index (χ2v) is 5.67.